The van der Waals surface area contributed by atoms with Crippen molar-refractivity contribution in [2.45, 2.75) is 6.10 Å². The Hall–Kier alpha value is -1.81. The molecule has 4 heteroatoms. The Morgan fingerprint density at radius 3 is 2.67 bits per heavy atom. The summed E-state index contributed by atoms with van der Waals surface area (Å²) in [6.45, 7) is 5.00. The van der Waals surface area contributed by atoms with Crippen LogP contribution in [0.4, 0.5) is 0 Å². The highest BCUT2D eigenvalue weighted by Crippen LogP contribution is 2.14. The van der Waals surface area contributed by atoms with Gasteiger partial charge in [0.05, 0.1) is 6.10 Å². The van der Waals surface area contributed by atoms with Crippen LogP contribution in [-0.2, 0) is 4.74 Å². The number of ether oxygens (including phenoxy) is 1. The lowest BCUT2D eigenvalue weighted by molar-refractivity contribution is 0.106. The molecule has 0 radical (unpaired) electrons. The minimum absolute atomic E-state index is 0.00785. The number of guanidine groups is 1. The summed E-state index contributed by atoms with van der Waals surface area (Å²) in [5, 5.41) is 6.34. The van der Waals surface area contributed by atoms with Gasteiger partial charge in [0.2, 0.25) is 0 Å². The SMILES string of the molecule is C=CCNC(=NC)NCC(OC)c1ccccc1. The molecule has 1 atom stereocenters. The molecule has 1 rings (SSSR count). The van der Waals surface area contributed by atoms with Crippen LogP contribution >= 0.6 is 0 Å². The van der Waals surface area contributed by atoms with Crippen LogP contribution in [0.1, 0.15) is 11.7 Å². The number of nitrogens with one attached hydrogen (secondary N) is 2. The van der Waals surface area contributed by atoms with Crippen molar-refractivity contribution >= 4 is 5.96 Å². The second kappa shape index (κ2) is 8.31. The largest absolute Gasteiger partial charge is 0.375 e. The summed E-state index contributed by atoms with van der Waals surface area (Å²) >= 11 is 0. The first-order chi connectivity index (χ1) is 8.81. The summed E-state index contributed by atoms with van der Waals surface area (Å²) < 4.78 is 5.47. The normalized spacial score (nSPS) is 12.9. The van der Waals surface area contributed by atoms with Gasteiger partial charge in [-0.1, -0.05) is 36.4 Å². The topological polar surface area (TPSA) is 45.7 Å². The summed E-state index contributed by atoms with van der Waals surface area (Å²) in [4.78, 5) is 4.12. The molecule has 1 aromatic rings. The van der Waals surface area contributed by atoms with Gasteiger partial charge in [-0.15, -0.1) is 6.58 Å². The molecule has 0 spiro atoms. The molecule has 1 unspecified atom stereocenters. The van der Waals surface area contributed by atoms with Crippen LogP contribution in [-0.4, -0.2) is 33.2 Å². The van der Waals surface area contributed by atoms with Crippen LogP contribution in [0.5, 0.6) is 0 Å². The van der Waals surface area contributed by atoms with Gasteiger partial charge in [-0.25, -0.2) is 0 Å². The first-order valence-electron chi connectivity index (χ1n) is 5.95. The molecule has 0 aliphatic heterocycles. The van der Waals surface area contributed by atoms with Gasteiger partial charge in [0.1, 0.15) is 0 Å². The van der Waals surface area contributed by atoms with E-state index in [0.29, 0.717) is 13.1 Å². The second-order valence-corrected chi connectivity index (χ2v) is 3.76. The average molecular weight is 247 g/mol. The molecule has 0 aromatic heterocycles. The predicted octanol–water partition coefficient (Wildman–Crippen LogP) is 1.73. The molecule has 0 heterocycles. The molecule has 0 aliphatic rings. The highest BCUT2D eigenvalue weighted by atomic mass is 16.5. The molecule has 0 amide bonds. The molecule has 18 heavy (non-hydrogen) atoms. The second-order valence-electron chi connectivity index (χ2n) is 3.76. The van der Waals surface area contributed by atoms with Gasteiger partial charge in [-0.2, -0.15) is 0 Å². The van der Waals surface area contributed by atoms with Crippen LogP contribution in [0.25, 0.3) is 0 Å². The molecular weight excluding hydrogens is 226 g/mol. The minimum Gasteiger partial charge on any atom is -0.375 e. The van der Waals surface area contributed by atoms with Gasteiger partial charge < -0.3 is 15.4 Å². The van der Waals surface area contributed by atoms with E-state index in [1.54, 1.807) is 20.2 Å². The van der Waals surface area contributed by atoms with E-state index in [1.807, 2.05) is 18.2 Å². The number of rotatable bonds is 6. The summed E-state index contributed by atoms with van der Waals surface area (Å²) in [6, 6.07) is 10.1. The first-order valence-corrected chi connectivity index (χ1v) is 5.95. The molecule has 2 N–H and O–H groups in total. The molecule has 0 fully saturated rings. The number of hydrogen-bond donors (Lipinski definition) is 2. The van der Waals surface area contributed by atoms with Gasteiger partial charge in [-0.3, -0.25) is 4.99 Å². The van der Waals surface area contributed by atoms with Crippen molar-refractivity contribution in [3.8, 4) is 0 Å². The zero-order valence-corrected chi connectivity index (χ0v) is 11.0. The molecule has 4 nitrogen and oxygen atoms in total. The quantitative estimate of drug-likeness (QED) is 0.457. The standard InChI is InChI=1S/C14H21N3O/c1-4-10-16-14(15-2)17-11-13(18-3)12-8-6-5-7-9-12/h4-9,13H,1,10-11H2,2-3H3,(H2,15,16,17). The number of hydrogen-bond acceptors (Lipinski definition) is 2. The summed E-state index contributed by atoms with van der Waals surface area (Å²) in [5.41, 5.74) is 1.15. The van der Waals surface area contributed by atoms with Crippen molar-refractivity contribution in [3.63, 3.8) is 0 Å². The molecule has 98 valence electrons. The maximum atomic E-state index is 5.47. The fourth-order valence-electron chi connectivity index (χ4n) is 1.58. The summed E-state index contributed by atoms with van der Waals surface area (Å²) in [7, 11) is 3.45. The van der Waals surface area contributed by atoms with Crippen LogP contribution < -0.4 is 10.6 Å². The maximum Gasteiger partial charge on any atom is 0.191 e. The number of benzene rings is 1. The average Bonchev–Trinajstić information content (AvgIpc) is 2.44. The van der Waals surface area contributed by atoms with Crippen LogP contribution in [0, 0.1) is 0 Å². The van der Waals surface area contributed by atoms with Gasteiger partial charge in [0, 0.05) is 27.2 Å². The number of nitrogens with zero attached hydrogens (tertiary/aromatic N) is 1. The molecule has 0 saturated heterocycles. The van der Waals surface area contributed by atoms with Crippen molar-refractivity contribution in [1.29, 1.82) is 0 Å². The Kier molecular flexibility index (Phi) is 6.58. The van der Waals surface area contributed by atoms with E-state index in [9.17, 15) is 0 Å². The van der Waals surface area contributed by atoms with Gasteiger partial charge in [-0.05, 0) is 5.56 Å². The highest BCUT2D eigenvalue weighted by Gasteiger charge is 2.10. The Morgan fingerprint density at radius 2 is 2.11 bits per heavy atom. The third-order valence-electron chi connectivity index (χ3n) is 2.55. The van der Waals surface area contributed by atoms with E-state index in [2.05, 4.69) is 34.3 Å². The van der Waals surface area contributed by atoms with Crippen molar-refractivity contribution in [2.24, 2.45) is 4.99 Å². The number of methoxy groups -OCH3 is 1. The zero-order valence-electron chi connectivity index (χ0n) is 11.0. The van der Waals surface area contributed by atoms with E-state index in [-0.39, 0.29) is 6.10 Å². The fourth-order valence-corrected chi connectivity index (χ4v) is 1.58. The Labute approximate surface area is 109 Å². The van der Waals surface area contributed by atoms with Crippen LogP contribution in [0.2, 0.25) is 0 Å². The lowest BCUT2D eigenvalue weighted by atomic mass is 10.1. The summed E-state index contributed by atoms with van der Waals surface area (Å²) in [5.74, 6) is 0.743. The summed E-state index contributed by atoms with van der Waals surface area (Å²) in [6.07, 6.45) is 1.80. The Balaban J connectivity index is 2.51. The highest BCUT2D eigenvalue weighted by molar-refractivity contribution is 5.79. The van der Waals surface area contributed by atoms with Crippen molar-refractivity contribution in [3.05, 3.63) is 48.6 Å². The molecule has 0 bridgehead atoms. The van der Waals surface area contributed by atoms with E-state index in [1.165, 1.54) is 0 Å². The van der Waals surface area contributed by atoms with E-state index < -0.39 is 0 Å². The lowest BCUT2D eigenvalue weighted by Gasteiger charge is -2.18. The predicted molar refractivity (Wildman–Crippen MR) is 75.8 cm³/mol. The smallest absolute Gasteiger partial charge is 0.191 e. The van der Waals surface area contributed by atoms with Crippen molar-refractivity contribution < 1.29 is 4.74 Å². The monoisotopic (exact) mass is 247 g/mol. The first kappa shape index (κ1) is 14.3. The van der Waals surface area contributed by atoms with E-state index in [4.69, 9.17) is 4.74 Å². The van der Waals surface area contributed by atoms with Crippen LogP contribution in [0.3, 0.4) is 0 Å². The zero-order chi connectivity index (χ0) is 13.2. The van der Waals surface area contributed by atoms with Gasteiger partial charge >= 0.3 is 0 Å². The van der Waals surface area contributed by atoms with Crippen molar-refractivity contribution in [2.75, 3.05) is 27.2 Å². The van der Waals surface area contributed by atoms with E-state index >= 15 is 0 Å². The van der Waals surface area contributed by atoms with Crippen molar-refractivity contribution in [1.82, 2.24) is 10.6 Å². The van der Waals surface area contributed by atoms with Gasteiger partial charge in [0.15, 0.2) is 5.96 Å². The van der Waals surface area contributed by atoms with E-state index in [0.717, 1.165) is 11.5 Å². The minimum atomic E-state index is 0.00785. The number of aliphatic imine (C=N–C) groups is 1. The third-order valence-corrected chi connectivity index (χ3v) is 2.55. The maximum absolute atomic E-state index is 5.47. The Morgan fingerprint density at radius 1 is 1.39 bits per heavy atom. The third kappa shape index (κ3) is 4.59. The van der Waals surface area contributed by atoms with Crippen LogP contribution in [0.15, 0.2) is 48.0 Å². The molecule has 1 aromatic carbocycles. The fraction of sp³-hybridized carbons (Fsp3) is 0.357. The van der Waals surface area contributed by atoms with Gasteiger partial charge in [0.25, 0.3) is 0 Å². The molecular formula is C14H21N3O. The Bertz CT molecular complexity index is 376. The lowest BCUT2D eigenvalue weighted by Crippen LogP contribution is -2.39. The molecule has 0 aliphatic carbocycles. The molecule has 0 saturated carbocycles.